The van der Waals surface area contributed by atoms with Crippen LogP contribution in [0.25, 0.3) is 23.0 Å². The second-order valence-corrected chi connectivity index (χ2v) is 8.50. The molecule has 0 atom stereocenters. The lowest BCUT2D eigenvalue weighted by Crippen LogP contribution is -2.38. The second-order valence-electron chi connectivity index (χ2n) is 8.50. The van der Waals surface area contributed by atoms with Crippen molar-refractivity contribution < 1.29 is 37.3 Å². The van der Waals surface area contributed by atoms with Crippen LogP contribution in [0, 0.1) is 6.92 Å². The molecule has 0 saturated heterocycles. The van der Waals surface area contributed by atoms with E-state index in [-0.39, 0.29) is 23.2 Å². The molecule has 0 saturated carbocycles. The molecule has 0 aliphatic rings. The van der Waals surface area contributed by atoms with E-state index in [1.807, 2.05) is 0 Å². The normalized spacial score (nSPS) is 11.5. The maximum Gasteiger partial charge on any atom is 0.434 e. The van der Waals surface area contributed by atoms with Gasteiger partial charge in [0.2, 0.25) is 0 Å². The first-order valence-electron chi connectivity index (χ1n) is 11.5. The minimum atomic E-state index is -4.62. The number of ketones is 1. The smallest absolute Gasteiger partial charge is 0.434 e. The number of carboxylic acids is 1. The van der Waals surface area contributed by atoms with Gasteiger partial charge < -0.3 is 15.2 Å². The van der Waals surface area contributed by atoms with Gasteiger partial charge in [0.05, 0.1) is 12.7 Å². The van der Waals surface area contributed by atoms with Gasteiger partial charge in [-0.15, -0.1) is 4.68 Å². The minimum absolute atomic E-state index is 0.0495. The van der Waals surface area contributed by atoms with E-state index >= 15 is 0 Å². The van der Waals surface area contributed by atoms with Crippen molar-refractivity contribution in [3.8, 4) is 22.7 Å². The lowest BCUT2D eigenvalue weighted by molar-refractivity contribution is -0.665. The molecule has 3 N–H and O–H groups in total. The Hall–Kier alpha value is -5.00. The molecule has 0 spiro atoms. The van der Waals surface area contributed by atoms with Gasteiger partial charge in [-0.2, -0.15) is 18.2 Å². The first kappa shape index (κ1) is 27.0. The molecule has 9 nitrogen and oxygen atoms in total. The van der Waals surface area contributed by atoms with Crippen molar-refractivity contribution in [2.24, 2.45) is 0 Å². The number of anilines is 2. The summed E-state index contributed by atoms with van der Waals surface area (Å²) in [5.74, 6) is -0.744. The number of rotatable bonds is 8. The van der Waals surface area contributed by atoms with Crippen molar-refractivity contribution in [2.45, 2.75) is 20.0 Å². The van der Waals surface area contributed by atoms with Crippen LogP contribution in [-0.4, -0.2) is 39.0 Å². The molecular weight excluding hydrogens is 515 g/mol. The van der Waals surface area contributed by atoms with Crippen LogP contribution in [-0.2, 0) is 11.0 Å². The highest BCUT2D eigenvalue weighted by Crippen LogP contribution is 2.30. The molecule has 12 heteroatoms. The van der Waals surface area contributed by atoms with E-state index in [2.05, 4.69) is 20.4 Å². The summed E-state index contributed by atoms with van der Waals surface area (Å²) < 4.78 is 46.9. The number of ether oxygens (including phenoxy) is 1. The number of aryl methyl sites for hydroxylation is 1. The van der Waals surface area contributed by atoms with E-state index in [0.717, 1.165) is 12.1 Å². The van der Waals surface area contributed by atoms with Crippen LogP contribution in [0.4, 0.5) is 24.8 Å². The van der Waals surface area contributed by atoms with Crippen LogP contribution >= 0.6 is 0 Å². The zero-order valence-electron chi connectivity index (χ0n) is 21.0. The number of aromatic amines is 1. The van der Waals surface area contributed by atoms with Gasteiger partial charge in [-0.25, -0.2) is 9.89 Å². The third-order valence-electron chi connectivity index (χ3n) is 5.64. The monoisotopic (exact) mass is 538 g/mol. The van der Waals surface area contributed by atoms with Gasteiger partial charge in [0.1, 0.15) is 11.4 Å². The number of carbonyl (C=O) groups is 2. The van der Waals surface area contributed by atoms with E-state index in [4.69, 9.17) is 9.84 Å². The molecule has 39 heavy (non-hydrogen) atoms. The summed E-state index contributed by atoms with van der Waals surface area (Å²) in [6, 6.07) is 12.5. The molecule has 0 aliphatic heterocycles. The highest BCUT2D eigenvalue weighted by molar-refractivity contribution is 5.95. The number of benzene rings is 2. The van der Waals surface area contributed by atoms with Crippen LogP contribution in [0.15, 0.2) is 60.8 Å². The quantitative estimate of drug-likeness (QED) is 0.162. The highest BCUT2D eigenvalue weighted by Gasteiger charge is 2.36. The molecule has 4 rings (SSSR count). The van der Waals surface area contributed by atoms with E-state index in [1.54, 1.807) is 42.5 Å². The predicted octanol–water partition coefficient (Wildman–Crippen LogP) is 5.13. The van der Waals surface area contributed by atoms with E-state index in [0.29, 0.717) is 33.7 Å². The predicted molar refractivity (Wildman–Crippen MR) is 136 cm³/mol. The van der Waals surface area contributed by atoms with Crippen molar-refractivity contribution in [3.05, 3.63) is 83.3 Å². The van der Waals surface area contributed by atoms with Gasteiger partial charge in [-0.05, 0) is 42.3 Å². The second kappa shape index (κ2) is 10.8. The first-order valence-corrected chi connectivity index (χ1v) is 11.5. The Labute approximate surface area is 220 Å². The lowest BCUT2D eigenvalue weighted by Gasteiger charge is -2.09. The number of alkyl halides is 3. The van der Waals surface area contributed by atoms with Gasteiger partial charge in [-0.1, -0.05) is 18.2 Å². The maximum atomic E-state index is 13.5. The average molecular weight is 539 g/mol. The summed E-state index contributed by atoms with van der Waals surface area (Å²) >= 11 is 0. The molecule has 0 aliphatic carbocycles. The number of hydrogen-bond acceptors (Lipinski definition) is 6. The van der Waals surface area contributed by atoms with E-state index < -0.39 is 17.8 Å². The highest BCUT2D eigenvalue weighted by atomic mass is 19.4. The Morgan fingerprint density at radius 2 is 1.92 bits per heavy atom. The van der Waals surface area contributed by atoms with Crippen molar-refractivity contribution in [1.29, 1.82) is 0 Å². The number of nitrogens with one attached hydrogen (secondary N) is 2. The molecular formula is C27H23F3N5O4+. The van der Waals surface area contributed by atoms with Gasteiger partial charge in [0, 0.05) is 47.6 Å². The minimum Gasteiger partial charge on any atom is -0.497 e. The van der Waals surface area contributed by atoms with Crippen molar-refractivity contribution in [1.82, 2.24) is 15.1 Å². The number of hydrogen-bond donors (Lipinski definition) is 3. The number of methoxy groups -OCH3 is 1. The lowest BCUT2D eigenvalue weighted by atomic mass is 10.0. The van der Waals surface area contributed by atoms with Gasteiger partial charge in [0.15, 0.2) is 11.5 Å². The molecule has 2 aromatic carbocycles. The number of aromatic nitrogens is 4. The Bertz CT molecular complexity index is 1590. The summed E-state index contributed by atoms with van der Waals surface area (Å²) in [5.41, 5.74) is 1.56. The fourth-order valence-electron chi connectivity index (χ4n) is 3.79. The Kier molecular flexibility index (Phi) is 7.47. The number of carboxylic acid groups (broad SMARTS) is 1. The topological polar surface area (TPSA) is 121 Å². The van der Waals surface area contributed by atoms with Crippen LogP contribution in [0.3, 0.4) is 0 Å². The molecule has 0 unspecified atom stereocenters. The SMILES string of the molecule is COc1cc(Nc2ncc(-c3cccc(/C=C/C(=O)O)c3)c(-[n+]3[nH]c(C(F)(F)F)cc3C)n2)cc(C(C)=O)c1. The molecule has 0 amide bonds. The molecule has 2 heterocycles. The number of aliphatic carboxylic acids is 1. The van der Waals surface area contributed by atoms with E-state index in [9.17, 15) is 22.8 Å². The molecule has 200 valence electrons. The maximum absolute atomic E-state index is 13.5. The summed E-state index contributed by atoms with van der Waals surface area (Å²) in [7, 11) is 1.45. The van der Waals surface area contributed by atoms with Gasteiger partial charge in [-0.3, -0.25) is 4.79 Å². The fraction of sp³-hybridized carbons (Fsp3) is 0.148. The number of halogens is 3. The zero-order valence-corrected chi connectivity index (χ0v) is 21.0. The fourth-order valence-corrected chi connectivity index (χ4v) is 3.79. The van der Waals surface area contributed by atoms with Crippen molar-refractivity contribution in [2.75, 3.05) is 12.4 Å². The molecule has 0 radical (unpaired) electrons. The first-order chi connectivity index (χ1) is 18.4. The number of H-pyrrole nitrogens is 1. The largest absolute Gasteiger partial charge is 0.497 e. The van der Waals surface area contributed by atoms with Crippen LogP contribution < -0.4 is 14.7 Å². The molecule has 4 aromatic rings. The van der Waals surface area contributed by atoms with Crippen LogP contribution in [0.5, 0.6) is 5.75 Å². The Morgan fingerprint density at radius 3 is 2.56 bits per heavy atom. The average Bonchev–Trinajstić information content (AvgIpc) is 3.29. The number of Topliss-reactive ketones (excluding diaryl/α,β-unsaturated/α-hetero) is 1. The van der Waals surface area contributed by atoms with Crippen LogP contribution in [0.1, 0.15) is 34.2 Å². The Morgan fingerprint density at radius 1 is 1.15 bits per heavy atom. The Balaban J connectivity index is 1.85. The van der Waals surface area contributed by atoms with Crippen LogP contribution in [0.2, 0.25) is 0 Å². The van der Waals surface area contributed by atoms with Gasteiger partial charge in [0.25, 0.3) is 0 Å². The summed E-state index contributed by atoms with van der Waals surface area (Å²) in [6.45, 7) is 2.91. The van der Waals surface area contributed by atoms with Crippen molar-refractivity contribution >= 4 is 29.5 Å². The summed E-state index contributed by atoms with van der Waals surface area (Å²) in [5, 5.41) is 14.3. The number of carbonyl (C=O) groups excluding carboxylic acids is 1. The summed E-state index contributed by atoms with van der Waals surface area (Å²) in [6.07, 6.45) is -0.800. The summed E-state index contributed by atoms with van der Waals surface area (Å²) in [4.78, 5) is 31.7. The van der Waals surface area contributed by atoms with E-state index in [1.165, 1.54) is 37.9 Å². The standard InChI is InChI=1S/C27H22F3N5O4/c1-15-9-23(27(28,29)30)34-35(15)25-22(18-6-4-5-17(10-18)7-8-24(37)38)14-31-26(33-25)32-20-11-19(16(2)36)12-21(13-20)39-3/h4-14H,1-3H3,(H2,31,32,33,37,38)/p+1/b8-7+. The molecule has 2 aromatic heterocycles. The van der Waals surface area contributed by atoms with Gasteiger partial charge >= 0.3 is 23.9 Å². The zero-order chi connectivity index (χ0) is 28.3. The molecule has 0 bridgehead atoms. The third kappa shape index (κ3) is 6.29. The molecule has 0 fully saturated rings. The third-order valence-corrected chi connectivity index (χ3v) is 5.64. The van der Waals surface area contributed by atoms with Crippen molar-refractivity contribution in [3.63, 3.8) is 0 Å². The number of nitrogens with zero attached hydrogens (tertiary/aromatic N) is 3.